The second-order valence-electron chi connectivity index (χ2n) is 4.53. The second kappa shape index (κ2) is 7.09. The third kappa shape index (κ3) is 3.92. The highest BCUT2D eigenvalue weighted by atomic mass is 35.5. The molecule has 4 nitrogen and oxygen atoms in total. The maximum absolute atomic E-state index is 11.9. The van der Waals surface area contributed by atoms with Gasteiger partial charge in [0, 0.05) is 20.2 Å². The summed E-state index contributed by atoms with van der Waals surface area (Å²) in [5.41, 5.74) is 5.84. The molecule has 0 aromatic carbocycles. The molecule has 1 amide bonds. The van der Waals surface area contributed by atoms with Crippen LogP contribution in [0.3, 0.4) is 0 Å². The number of amides is 1. The summed E-state index contributed by atoms with van der Waals surface area (Å²) in [4.78, 5) is 13.8. The Morgan fingerprint density at radius 1 is 1.38 bits per heavy atom. The standard InChI is InChI=1S/C11H22N2O2.ClH/c1-8(2)10(12)11(14)13-6-4-9(15-3)5-7-13;/h8-10H,4-7,12H2,1-3H3;1H/t10-;/m0./s1. The monoisotopic (exact) mass is 250 g/mol. The normalized spacial score (nSPS) is 19.4. The topological polar surface area (TPSA) is 55.6 Å². The molecule has 1 atom stereocenters. The summed E-state index contributed by atoms with van der Waals surface area (Å²) in [6, 6.07) is -0.357. The number of carbonyl (C=O) groups is 1. The minimum Gasteiger partial charge on any atom is -0.381 e. The molecule has 2 N–H and O–H groups in total. The lowest BCUT2D eigenvalue weighted by Crippen LogP contribution is -2.50. The van der Waals surface area contributed by atoms with Gasteiger partial charge in [-0.25, -0.2) is 0 Å². The molecule has 0 saturated carbocycles. The zero-order valence-corrected chi connectivity index (χ0v) is 11.1. The lowest BCUT2D eigenvalue weighted by atomic mass is 10.0. The van der Waals surface area contributed by atoms with E-state index in [1.54, 1.807) is 7.11 Å². The molecule has 0 aliphatic carbocycles. The van der Waals surface area contributed by atoms with Crippen molar-refractivity contribution >= 4 is 18.3 Å². The van der Waals surface area contributed by atoms with Gasteiger partial charge in [0.05, 0.1) is 12.1 Å². The van der Waals surface area contributed by atoms with E-state index in [1.807, 2.05) is 18.7 Å². The summed E-state index contributed by atoms with van der Waals surface area (Å²) >= 11 is 0. The molecule has 0 aromatic heterocycles. The number of hydrogen-bond donors (Lipinski definition) is 1. The third-order valence-electron chi connectivity index (χ3n) is 3.09. The van der Waals surface area contributed by atoms with Crippen LogP contribution in [0.1, 0.15) is 26.7 Å². The predicted molar refractivity (Wildman–Crippen MR) is 66.7 cm³/mol. The maximum Gasteiger partial charge on any atom is 0.239 e. The smallest absolute Gasteiger partial charge is 0.239 e. The second-order valence-corrected chi connectivity index (χ2v) is 4.53. The Morgan fingerprint density at radius 2 is 1.88 bits per heavy atom. The van der Waals surface area contributed by atoms with Crippen LogP contribution in [0.25, 0.3) is 0 Å². The third-order valence-corrected chi connectivity index (χ3v) is 3.09. The summed E-state index contributed by atoms with van der Waals surface area (Å²) in [5.74, 6) is 0.289. The zero-order valence-electron chi connectivity index (χ0n) is 10.3. The summed E-state index contributed by atoms with van der Waals surface area (Å²) in [6.45, 7) is 5.50. The Labute approximate surface area is 104 Å². The number of carbonyl (C=O) groups excluding carboxylic acids is 1. The summed E-state index contributed by atoms with van der Waals surface area (Å²) in [7, 11) is 1.72. The van der Waals surface area contributed by atoms with Crippen LogP contribution in [-0.4, -0.2) is 43.2 Å². The Hall–Kier alpha value is -0.320. The van der Waals surface area contributed by atoms with Crippen molar-refractivity contribution in [2.24, 2.45) is 11.7 Å². The molecule has 1 heterocycles. The molecule has 1 aliphatic heterocycles. The Morgan fingerprint density at radius 3 is 2.25 bits per heavy atom. The average Bonchev–Trinajstić information content (AvgIpc) is 2.27. The van der Waals surface area contributed by atoms with Gasteiger partial charge in [-0.05, 0) is 18.8 Å². The van der Waals surface area contributed by atoms with E-state index >= 15 is 0 Å². The van der Waals surface area contributed by atoms with E-state index in [-0.39, 0.29) is 30.3 Å². The van der Waals surface area contributed by atoms with Crippen molar-refractivity contribution in [2.45, 2.75) is 38.8 Å². The first kappa shape index (κ1) is 15.7. The Bertz CT molecular complexity index is 216. The van der Waals surface area contributed by atoms with E-state index in [1.165, 1.54) is 0 Å². The molecular formula is C11H23ClN2O2. The van der Waals surface area contributed by atoms with Gasteiger partial charge in [-0.3, -0.25) is 4.79 Å². The Balaban J connectivity index is 0.00000225. The summed E-state index contributed by atoms with van der Waals surface area (Å²) in [6.07, 6.45) is 2.16. The minimum atomic E-state index is -0.357. The molecule has 0 unspecified atom stereocenters. The largest absolute Gasteiger partial charge is 0.381 e. The molecule has 1 aliphatic rings. The lowest BCUT2D eigenvalue weighted by Gasteiger charge is -2.33. The molecule has 96 valence electrons. The van der Waals surface area contributed by atoms with E-state index in [4.69, 9.17) is 10.5 Å². The number of likely N-dealkylation sites (tertiary alicyclic amines) is 1. The number of hydrogen-bond acceptors (Lipinski definition) is 3. The van der Waals surface area contributed by atoms with Crippen molar-refractivity contribution in [3.8, 4) is 0 Å². The average molecular weight is 251 g/mol. The molecule has 1 rings (SSSR count). The van der Waals surface area contributed by atoms with Crippen LogP contribution in [-0.2, 0) is 9.53 Å². The highest BCUT2D eigenvalue weighted by molar-refractivity contribution is 5.85. The number of nitrogens with two attached hydrogens (primary N) is 1. The van der Waals surface area contributed by atoms with Gasteiger partial charge < -0.3 is 15.4 Å². The molecular weight excluding hydrogens is 228 g/mol. The fourth-order valence-corrected chi connectivity index (χ4v) is 1.81. The van der Waals surface area contributed by atoms with Crippen LogP contribution in [0, 0.1) is 5.92 Å². The molecule has 16 heavy (non-hydrogen) atoms. The number of rotatable bonds is 3. The van der Waals surface area contributed by atoms with Crippen LogP contribution < -0.4 is 5.73 Å². The Kier molecular flexibility index (Phi) is 6.95. The van der Waals surface area contributed by atoms with Gasteiger partial charge in [-0.2, -0.15) is 0 Å². The first-order valence-corrected chi connectivity index (χ1v) is 5.63. The number of methoxy groups -OCH3 is 1. The van der Waals surface area contributed by atoms with Crippen molar-refractivity contribution in [1.82, 2.24) is 4.90 Å². The van der Waals surface area contributed by atoms with Crippen LogP contribution in [0.15, 0.2) is 0 Å². The quantitative estimate of drug-likeness (QED) is 0.814. The van der Waals surface area contributed by atoms with Crippen LogP contribution >= 0.6 is 12.4 Å². The van der Waals surface area contributed by atoms with Gasteiger partial charge >= 0.3 is 0 Å². The van der Waals surface area contributed by atoms with Crippen molar-refractivity contribution in [1.29, 1.82) is 0 Å². The number of piperidine rings is 1. The van der Waals surface area contributed by atoms with Gasteiger partial charge in [-0.15, -0.1) is 12.4 Å². The summed E-state index contributed by atoms with van der Waals surface area (Å²) < 4.78 is 5.26. The number of nitrogens with zero attached hydrogens (tertiary/aromatic N) is 1. The van der Waals surface area contributed by atoms with Gasteiger partial charge in [0.2, 0.25) is 5.91 Å². The minimum absolute atomic E-state index is 0. The van der Waals surface area contributed by atoms with E-state index < -0.39 is 0 Å². The first-order chi connectivity index (χ1) is 7.06. The van der Waals surface area contributed by atoms with Gasteiger partial charge in [0.15, 0.2) is 0 Å². The molecule has 0 spiro atoms. The van der Waals surface area contributed by atoms with Gasteiger partial charge in [0.1, 0.15) is 0 Å². The van der Waals surface area contributed by atoms with Crippen LogP contribution in [0.4, 0.5) is 0 Å². The van der Waals surface area contributed by atoms with E-state index in [0.717, 1.165) is 25.9 Å². The first-order valence-electron chi connectivity index (χ1n) is 5.63. The maximum atomic E-state index is 11.9. The van der Waals surface area contributed by atoms with Crippen molar-refractivity contribution in [3.63, 3.8) is 0 Å². The SMILES string of the molecule is COC1CCN(C(=O)[C@@H](N)C(C)C)CC1.Cl. The van der Waals surface area contributed by atoms with Crippen molar-refractivity contribution in [3.05, 3.63) is 0 Å². The van der Waals surface area contributed by atoms with Gasteiger partial charge in [-0.1, -0.05) is 13.8 Å². The zero-order chi connectivity index (χ0) is 11.4. The molecule has 5 heteroatoms. The van der Waals surface area contributed by atoms with Crippen molar-refractivity contribution in [2.75, 3.05) is 20.2 Å². The molecule has 0 aromatic rings. The fraction of sp³-hybridized carbons (Fsp3) is 0.909. The van der Waals surface area contributed by atoms with Crippen LogP contribution in [0.5, 0.6) is 0 Å². The molecule has 1 saturated heterocycles. The molecule has 0 radical (unpaired) electrons. The van der Waals surface area contributed by atoms with Gasteiger partial charge in [0.25, 0.3) is 0 Å². The predicted octanol–water partition coefficient (Wildman–Crippen LogP) is 1.03. The highest BCUT2D eigenvalue weighted by Crippen LogP contribution is 2.14. The highest BCUT2D eigenvalue weighted by Gasteiger charge is 2.27. The number of halogens is 1. The van der Waals surface area contributed by atoms with Crippen molar-refractivity contribution < 1.29 is 9.53 Å². The van der Waals surface area contributed by atoms with E-state index in [0.29, 0.717) is 6.10 Å². The van der Waals surface area contributed by atoms with E-state index in [2.05, 4.69) is 0 Å². The molecule has 0 bridgehead atoms. The van der Waals surface area contributed by atoms with Crippen LogP contribution in [0.2, 0.25) is 0 Å². The fourth-order valence-electron chi connectivity index (χ4n) is 1.81. The summed E-state index contributed by atoms with van der Waals surface area (Å²) in [5, 5.41) is 0. The molecule has 1 fully saturated rings. The van der Waals surface area contributed by atoms with E-state index in [9.17, 15) is 4.79 Å². The lowest BCUT2D eigenvalue weighted by molar-refractivity contribution is -0.135. The number of ether oxygens (including phenoxy) is 1.